The summed E-state index contributed by atoms with van der Waals surface area (Å²) in [7, 11) is 0. The van der Waals surface area contributed by atoms with Crippen LogP contribution >= 0.6 is 0 Å². The molecule has 100 valence electrons. The topological polar surface area (TPSA) is 78.8 Å². The van der Waals surface area contributed by atoms with Gasteiger partial charge in [0, 0.05) is 0 Å². The van der Waals surface area contributed by atoms with Crippen molar-refractivity contribution in [1.82, 2.24) is 0 Å². The minimum atomic E-state index is -2.65. The summed E-state index contributed by atoms with van der Waals surface area (Å²) < 4.78 is 43.2. The molecule has 5 nitrogen and oxygen atoms in total. The van der Waals surface area contributed by atoms with Gasteiger partial charge in [-0.2, -0.15) is 0 Å². The molecule has 0 saturated carbocycles. The van der Waals surface area contributed by atoms with Crippen molar-refractivity contribution in [1.29, 1.82) is 0 Å². The molecule has 2 rings (SSSR count). The lowest BCUT2D eigenvalue weighted by Gasteiger charge is -2.29. The molecule has 1 N–H and O–H groups in total. The summed E-state index contributed by atoms with van der Waals surface area (Å²) in [5.41, 5.74) is 0.742. The van der Waals surface area contributed by atoms with E-state index in [9.17, 15) is 18.3 Å². The molecule has 0 spiro atoms. The molecule has 0 fully saturated rings. The van der Waals surface area contributed by atoms with Crippen molar-refractivity contribution in [2.75, 3.05) is 6.61 Å². The van der Waals surface area contributed by atoms with Crippen molar-refractivity contribution in [2.24, 2.45) is 0 Å². The maximum Gasteiger partial charge on any atom is 0.127 e. The first-order chi connectivity index (χ1) is 8.56. The molecule has 0 bridgehead atoms. The highest BCUT2D eigenvalue weighted by atomic mass is 32.2. The Balaban J connectivity index is 1.98. The van der Waals surface area contributed by atoms with E-state index in [0.717, 1.165) is 5.56 Å². The van der Waals surface area contributed by atoms with Crippen LogP contribution in [0.3, 0.4) is 0 Å². The molecule has 0 saturated heterocycles. The molecule has 18 heavy (non-hydrogen) atoms. The highest BCUT2D eigenvalue weighted by molar-refractivity contribution is 7.74. The zero-order valence-corrected chi connectivity index (χ0v) is 10.2. The zero-order valence-electron chi connectivity index (χ0n) is 9.37. The van der Waals surface area contributed by atoms with Crippen LogP contribution in [0.1, 0.15) is 12.0 Å². The molecule has 1 aromatic rings. The quantitative estimate of drug-likeness (QED) is 0.818. The Morgan fingerprint density at radius 3 is 3.17 bits per heavy atom. The van der Waals surface area contributed by atoms with Crippen molar-refractivity contribution in [3.63, 3.8) is 0 Å². The monoisotopic (exact) mass is 275 g/mol. The fraction of sp³-hybridized carbons (Fsp3) is 0.455. The van der Waals surface area contributed by atoms with E-state index in [1.165, 1.54) is 18.2 Å². The summed E-state index contributed by atoms with van der Waals surface area (Å²) in [5.74, 6) is 0.177. The Morgan fingerprint density at radius 1 is 1.67 bits per heavy atom. The van der Waals surface area contributed by atoms with Crippen molar-refractivity contribution >= 4 is 11.4 Å². The summed E-state index contributed by atoms with van der Waals surface area (Å²) in [4.78, 5) is 0. The predicted octanol–water partition coefficient (Wildman–Crippen LogP) is 0.691. The summed E-state index contributed by atoms with van der Waals surface area (Å²) in [6.07, 6.45) is -0.547. The van der Waals surface area contributed by atoms with E-state index in [1.54, 1.807) is 0 Å². The number of aryl methyl sites for hydroxylation is 1. The van der Waals surface area contributed by atoms with Gasteiger partial charge in [0.15, 0.2) is 0 Å². The van der Waals surface area contributed by atoms with Gasteiger partial charge in [0.2, 0.25) is 0 Å². The second-order valence-corrected chi connectivity index (χ2v) is 4.65. The summed E-state index contributed by atoms with van der Waals surface area (Å²) in [6.45, 7) is -0.350. The highest BCUT2D eigenvalue weighted by Crippen LogP contribution is 2.29. The molecule has 0 amide bonds. The average molecular weight is 275 g/mol. The third-order valence-electron chi connectivity index (χ3n) is 2.76. The number of fused-ring (bicyclic) bond motifs is 1. The van der Waals surface area contributed by atoms with Crippen LogP contribution in [0.15, 0.2) is 18.2 Å². The van der Waals surface area contributed by atoms with Gasteiger partial charge in [-0.3, -0.25) is 4.18 Å². The largest absolute Gasteiger partial charge is 0.750 e. The third-order valence-corrected chi connectivity index (χ3v) is 3.09. The van der Waals surface area contributed by atoms with E-state index in [-0.39, 0.29) is 12.4 Å². The number of rotatable bonds is 4. The first kappa shape index (κ1) is 13.4. The fourth-order valence-corrected chi connectivity index (χ4v) is 2.13. The molecule has 1 aromatic carbocycles. The standard InChI is InChI=1S/C11H13FO5S/c12-8-2-4-10-7(5-8)1-3-11(17-10)9(13)6-16-18(14)15/h2,4-5,9,11,13H,1,3,6H2,(H,14,15)/p-1/t9-,11+/m1/s1. The number of ether oxygens (including phenoxy) is 1. The van der Waals surface area contributed by atoms with E-state index in [2.05, 4.69) is 4.18 Å². The van der Waals surface area contributed by atoms with Crippen molar-refractivity contribution in [2.45, 2.75) is 25.0 Å². The number of aliphatic hydroxyl groups excluding tert-OH is 1. The van der Waals surface area contributed by atoms with Crippen LogP contribution in [0.4, 0.5) is 4.39 Å². The highest BCUT2D eigenvalue weighted by Gasteiger charge is 2.26. The number of aliphatic hydroxyl groups is 1. The summed E-state index contributed by atoms with van der Waals surface area (Å²) in [6, 6.07) is 4.16. The molecule has 1 aliphatic rings. The lowest BCUT2D eigenvalue weighted by Crippen LogP contribution is -2.38. The van der Waals surface area contributed by atoms with Gasteiger partial charge in [0.1, 0.15) is 23.8 Å². The SMILES string of the molecule is O=S([O-])OC[C@@H](O)[C@@H]1CCc2cc(F)ccc2O1. The first-order valence-corrected chi connectivity index (χ1v) is 6.42. The Kier molecular flexibility index (Phi) is 4.28. The molecular formula is C11H12FO5S-. The Hall–Kier alpha value is -1.02. The molecule has 0 radical (unpaired) electrons. The van der Waals surface area contributed by atoms with Crippen molar-refractivity contribution in [3.8, 4) is 5.75 Å². The maximum absolute atomic E-state index is 13.0. The minimum Gasteiger partial charge on any atom is -0.750 e. The van der Waals surface area contributed by atoms with Gasteiger partial charge in [0.05, 0.1) is 18.0 Å². The van der Waals surface area contributed by atoms with E-state index >= 15 is 0 Å². The predicted molar refractivity (Wildman–Crippen MR) is 60.0 cm³/mol. The maximum atomic E-state index is 13.0. The number of halogens is 1. The van der Waals surface area contributed by atoms with Crippen LogP contribution < -0.4 is 4.74 Å². The van der Waals surface area contributed by atoms with E-state index in [1.807, 2.05) is 0 Å². The zero-order chi connectivity index (χ0) is 13.1. The Morgan fingerprint density at radius 2 is 2.44 bits per heavy atom. The summed E-state index contributed by atoms with van der Waals surface area (Å²) in [5, 5.41) is 9.71. The molecule has 7 heteroatoms. The Labute approximate surface area is 106 Å². The second kappa shape index (κ2) is 5.75. The van der Waals surface area contributed by atoms with Gasteiger partial charge in [-0.05, 0) is 36.6 Å². The lowest BCUT2D eigenvalue weighted by molar-refractivity contribution is -0.00257. The normalized spacial score (nSPS) is 21.8. The van der Waals surface area contributed by atoms with Crippen LogP contribution in [0.25, 0.3) is 0 Å². The van der Waals surface area contributed by atoms with Gasteiger partial charge in [-0.1, -0.05) is 0 Å². The lowest BCUT2D eigenvalue weighted by atomic mass is 9.99. The molecule has 0 aliphatic carbocycles. The molecule has 1 unspecified atom stereocenters. The number of hydrogen-bond acceptors (Lipinski definition) is 5. The van der Waals surface area contributed by atoms with Crippen LogP contribution in [0.5, 0.6) is 5.75 Å². The van der Waals surface area contributed by atoms with Crippen LogP contribution in [0.2, 0.25) is 0 Å². The minimum absolute atomic E-state index is 0.332. The van der Waals surface area contributed by atoms with Gasteiger partial charge in [0.25, 0.3) is 0 Å². The van der Waals surface area contributed by atoms with E-state index in [0.29, 0.717) is 18.6 Å². The number of hydrogen-bond donors (Lipinski definition) is 1. The van der Waals surface area contributed by atoms with E-state index in [4.69, 9.17) is 4.74 Å². The first-order valence-electron chi connectivity index (χ1n) is 5.42. The van der Waals surface area contributed by atoms with Crippen molar-refractivity contribution < 1.29 is 27.2 Å². The molecule has 3 atom stereocenters. The average Bonchev–Trinajstić information content (AvgIpc) is 2.35. The van der Waals surface area contributed by atoms with Crippen molar-refractivity contribution in [3.05, 3.63) is 29.6 Å². The summed E-state index contributed by atoms with van der Waals surface area (Å²) >= 11 is -2.65. The van der Waals surface area contributed by atoms with Gasteiger partial charge < -0.3 is 14.4 Å². The molecule has 1 aliphatic heterocycles. The van der Waals surface area contributed by atoms with E-state index < -0.39 is 23.6 Å². The number of benzene rings is 1. The van der Waals surface area contributed by atoms with Gasteiger partial charge in [-0.25, -0.2) is 8.60 Å². The smallest absolute Gasteiger partial charge is 0.127 e. The molecular weight excluding hydrogens is 263 g/mol. The van der Waals surface area contributed by atoms with Gasteiger partial charge >= 0.3 is 0 Å². The Bertz CT molecular complexity index is 453. The molecule has 0 aromatic heterocycles. The van der Waals surface area contributed by atoms with Gasteiger partial charge in [-0.15, -0.1) is 0 Å². The third kappa shape index (κ3) is 3.26. The molecule has 1 heterocycles. The fourth-order valence-electron chi connectivity index (χ4n) is 1.88. The van der Waals surface area contributed by atoms with Crippen LogP contribution in [0, 0.1) is 5.82 Å². The van der Waals surface area contributed by atoms with Crippen LogP contribution in [-0.2, 0) is 22.0 Å². The van der Waals surface area contributed by atoms with Crippen LogP contribution in [-0.4, -0.2) is 32.7 Å². The second-order valence-electron chi connectivity index (χ2n) is 4.00.